The number of nitrogens with zero attached hydrogens (tertiary/aromatic N) is 1. The lowest BCUT2D eigenvalue weighted by Crippen LogP contribution is -2.57. The van der Waals surface area contributed by atoms with E-state index in [9.17, 15) is 0 Å². The Morgan fingerprint density at radius 1 is 1.64 bits per heavy atom. The van der Waals surface area contributed by atoms with Crippen LogP contribution in [-0.2, 0) is 0 Å². The van der Waals surface area contributed by atoms with Gasteiger partial charge in [0.1, 0.15) is 0 Å². The molecule has 0 bridgehead atoms. The summed E-state index contributed by atoms with van der Waals surface area (Å²) in [5, 5.41) is 10.6. The molecule has 0 spiro atoms. The fourth-order valence-corrected chi connectivity index (χ4v) is 1.36. The van der Waals surface area contributed by atoms with Gasteiger partial charge in [0.15, 0.2) is 5.96 Å². The van der Waals surface area contributed by atoms with E-state index in [1.807, 2.05) is 4.90 Å². The lowest BCUT2D eigenvalue weighted by molar-refractivity contribution is 0.231. The third kappa shape index (κ3) is 1.83. The smallest absolute Gasteiger partial charge is 0.188 e. The first-order valence-electron chi connectivity index (χ1n) is 3.95. The second-order valence-corrected chi connectivity index (χ2v) is 3.20. The zero-order chi connectivity index (χ0) is 8.43. The molecule has 2 atom stereocenters. The van der Waals surface area contributed by atoms with Crippen molar-refractivity contribution in [1.82, 2.24) is 10.2 Å². The van der Waals surface area contributed by atoms with Gasteiger partial charge in [-0.1, -0.05) is 0 Å². The average Bonchev–Trinajstić information content (AvgIpc) is 1.94. The lowest BCUT2D eigenvalue weighted by Gasteiger charge is -2.37. The van der Waals surface area contributed by atoms with Crippen LogP contribution in [0.3, 0.4) is 0 Å². The van der Waals surface area contributed by atoms with Crippen LogP contribution in [0.5, 0.6) is 0 Å². The molecule has 1 fully saturated rings. The maximum Gasteiger partial charge on any atom is 0.188 e. The molecular formula is C7H16N4. The third-order valence-electron chi connectivity index (χ3n) is 2.07. The number of nitrogens with one attached hydrogen (secondary N) is 2. The van der Waals surface area contributed by atoms with Gasteiger partial charge in [0, 0.05) is 25.2 Å². The molecule has 1 rings (SSSR count). The van der Waals surface area contributed by atoms with Crippen molar-refractivity contribution in [2.45, 2.75) is 25.9 Å². The van der Waals surface area contributed by atoms with E-state index in [2.05, 4.69) is 19.2 Å². The van der Waals surface area contributed by atoms with Crippen LogP contribution >= 0.6 is 0 Å². The van der Waals surface area contributed by atoms with Crippen LogP contribution in [0.1, 0.15) is 13.8 Å². The molecule has 0 amide bonds. The molecule has 1 heterocycles. The van der Waals surface area contributed by atoms with Gasteiger partial charge in [0.25, 0.3) is 0 Å². The molecule has 0 aromatic rings. The van der Waals surface area contributed by atoms with Crippen LogP contribution in [-0.4, -0.2) is 36.0 Å². The standard InChI is InChI=1S/C7H16N4/c1-5-4-11(7(8)9)6(2)3-10-5/h5-6,10H,3-4H2,1-2H3,(H3,8,9)/t5-,6-/m0/s1. The largest absolute Gasteiger partial charge is 0.370 e. The van der Waals surface area contributed by atoms with E-state index in [1.54, 1.807) is 0 Å². The van der Waals surface area contributed by atoms with Gasteiger partial charge in [-0.25, -0.2) is 0 Å². The van der Waals surface area contributed by atoms with Gasteiger partial charge >= 0.3 is 0 Å². The van der Waals surface area contributed by atoms with Crippen molar-refractivity contribution in [3.63, 3.8) is 0 Å². The van der Waals surface area contributed by atoms with Crippen LogP contribution in [0.2, 0.25) is 0 Å². The number of hydrogen-bond donors (Lipinski definition) is 3. The molecule has 0 saturated carbocycles. The minimum atomic E-state index is 0.186. The fraction of sp³-hybridized carbons (Fsp3) is 0.857. The SMILES string of the molecule is C[C@H]1CN(C(=N)N)[C@@H](C)CN1. The summed E-state index contributed by atoms with van der Waals surface area (Å²) in [5.41, 5.74) is 5.40. The Balaban J connectivity index is 2.54. The van der Waals surface area contributed by atoms with Gasteiger partial charge in [-0.05, 0) is 13.8 Å². The molecule has 0 unspecified atom stereocenters. The van der Waals surface area contributed by atoms with Crippen molar-refractivity contribution in [2.75, 3.05) is 13.1 Å². The first-order valence-corrected chi connectivity index (χ1v) is 3.95. The minimum Gasteiger partial charge on any atom is -0.370 e. The molecule has 1 saturated heterocycles. The van der Waals surface area contributed by atoms with E-state index in [-0.39, 0.29) is 5.96 Å². The molecule has 0 aromatic carbocycles. The van der Waals surface area contributed by atoms with Gasteiger partial charge in [-0.2, -0.15) is 0 Å². The van der Waals surface area contributed by atoms with Crippen LogP contribution in [0.25, 0.3) is 0 Å². The number of hydrogen-bond acceptors (Lipinski definition) is 2. The Kier molecular flexibility index (Phi) is 2.34. The van der Waals surface area contributed by atoms with E-state index in [0.29, 0.717) is 12.1 Å². The summed E-state index contributed by atoms with van der Waals surface area (Å²) in [6.45, 7) is 5.93. The monoisotopic (exact) mass is 156 g/mol. The van der Waals surface area contributed by atoms with Crippen LogP contribution in [0, 0.1) is 5.41 Å². The maximum atomic E-state index is 7.29. The first kappa shape index (κ1) is 8.33. The molecule has 4 heteroatoms. The Bertz CT molecular complexity index is 157. The molecule has 1 aliphatic heterocycles. The summed E-state index contributed by atoms with van der Waals surface area (Å²) in [5.74, 6) is 0.186. The number of nitrogens with two attached hydrogens (primary N) is 1. The van der Waals surface area contributed by atoms with Crippen LogP contribution in [0.15, 0.2) is 0 Å². The summed E-state index contributed by atoms with van der Waals surface area (Å²) in [4.78, 5) is 1.92. The van der Waals surface area contributed by atoms with Crippen molar-refractivity contribution in [3.05, 3.63) is 0 Å². The molecule has 0 radical (unpaired) electrons. The Morgan fingerprint density at radius 2 is 2.27 bits per heavy atom. The molecule has 0 aromatic heterocycles. The summed E-state index contributed by atoms with van der Waals surface area (Å²) in [6.07, 6.45) is 0. The topological polar surface area (TPSA) is 65.1 Å². The van der Waals surface area contributed by atoms with Crippen molar-refractivity contribution in [3.8, 4) is 0 Å². The Hall–Kier alpha value is -0.770. The second-order valence-electron chi connectivity index (χ2n) is 3.20. The average molecular weight is 156 g/mol. The molecular weight excluding hydrogens is 140 g/mol. The lowest BCUT2D eigenvalue weighted by atomic mass is 10.1. The van der Waals surface area contributed by atoms with Gasteiger partial charge in [0.05, 0.1) is 0 Å². The van der Waals surface area contributed by atoms with Crippen molar-refractivity contribution in [1.29, 1.82) is 5.41 Å². The third-order valence-corrected chi connectivity index (χ3v) is 2.07. The van der Waals surface area contributed by atoms with E-state index in [4.69, 9.17) is 11.1 Å². The molecule has 64 valence electrons. The highest BCUT2D eigenvalue weighted by molar-refractivity contribution is 5.75. The van der Waals surface area contributed by atoms with Crippen molar-refractivity contribution >= 4 is 5.96 Å². The first-order chi connectivity index (χ1) is 5.11. The van der Waals surface area contributed by atoms with E-state index in [1.165, 1.54) is 0 Å². The van der Waals surface area contributed by atoms with E-state index >= 15 is 0 Å². The zero-order valence-electron chi connectivity index (χ0n) is 7.09. The Labute approximate surface area is 67.3 Å². The fourth-order valence-electron chi connectivity index (χ4n) is 1.36. The van der Waals surface area contributed by atoms with E-state index in [0.717, 1.165) is 13.1 Å². The molecule has 4 nitrogen and oxygen atoms in total. The summed E-state index contributed by atoms with van der Waals surface area (Å²) in [6, 6.07) is 0.791. The Morgan fingerprint density at radius 3 is 2.73 bits per heavy atom. The number of rotatable bonds is 0. The van der Waals surface area contributed by atoms with Gasteiger partial charge in [-0.15, -0.1) is 0 Å². The maximum absolute atomic E-state index is 7.29. The van der Waals surface area contributed by atoms with Crippen molar-refractivity contribution < 1.29 is 0 Å². The van der Waals surface area contributed by atoms with E-state index < -0.39 is 0 Å². The molecule has 1 aliphatic rings. The predicted octanol–water partition coefficient (Wildman–Crippen LogP) is -0.438. The normalized spacial score (nSPS) is 32.0. The predicted molar refractivity (Wildman–Crippen MR) is 45.5 cm³/mol. The van der Waals surface area contributed by atoms with Crippen LogP contribution < -0.4 is 11.1 Å². The summed E-state index contributed by atoms with van der Waals surface area (Å²) in [7, 11) is 0. The van der Waals surface area contributed by atoms with Crippen LogP contribution in [0.4, 0.5) is 0 Å². The number of guanidine groups is 1. The minimum absolute atomic E-state index is 0.186. The molecule has 11 heavy (non-hydrogen) atoms. The quantitative estimate of drug-likeness (QED) is 0.329. The number of piperazine rings is 1. The zero-order valence-corrected chi connectivity index (χ0v) is 7.09. The highest BCUT2D eigenvalue weighted by Gasteiger charge is 2.22. The second kappa shape index (κ2) is 3.09. The molecule has 0 aliphatic carbocycles. The summed E-state index contributed by atoms with van der Waals surface area (Å²) < 4.78 is 0. The van der Waals surface area contributed by atoms with Gasteiger partial charge < -0.3 is 16.0 Å². The molecule has 4 N–H and O–H groups in total. The highest BCUT2D eigenvalue weighted by Crippen LogP contribution is 2.04. The van der Waals surface area contributed by atoms with Gasteiger partial charge in [0.2, 0.25) is 0 Å². The summed E-state index contributed by atoms with van der Waals surface area (Å²) >= 11 is 0. The van der Waals surface area contributed by atoms with Gasteiger partial charge in [-0.3, -0.25) is 5.41 Å². The highest BCUT2D eigenvalue weighted by atomic mass is 15.3. The van der Waals surface area contributed by atoms with Crippen molar-refractivity contribution in [2.24, 2.45) is 5.73 Å².